The lowest BCUT2D eigenvalue weighted by Crippen LogP contribution is -2.34. The summed E-state index contributed by atoms with van der Waals surface area (Å²) in [4.78, 5) is 21.7. The van der Waals surface area contributed by atoms with E-state index in [9.17, 15) is 9.90 Å². The van der Waals surface area contributed by atoms with Crippen molar-refractivity contribution in [2.75, 3.05) is 41.5 Å². The topological polar surface area (TPSA) is 91.9 Å². The molecule has 1 unspecified atom stereocenters. The summed E-state index contributed by atoms with van der Waals surface area (Å²) in [6.07, 6.45) is 1.51. The van der Waals surface area contributed by atoms with Gasteiger partial charge in [-0.1, -0.05) is 42.1 Å². The Morgan fingerprint density at radius 2 is 1.91 bits per heavy atom. The molecule has 2 aliphatic heterocycles. The minimum absolute atomic E-state index is 0. The molecule has 1 fully saturated rings. The fourth-order valence-corrected chi connectivity index (χ4v) is 6.27. The minimum atomic E-state index is -0.955. The first-order chi connectivity index (χ1) is 16.1. The number of halogens is 1. The zero-order valence-electron chi connectivity index (χ0n) is 18.5. The average molecular weight is 517 g/mol. The molecule has 1 aromatic heterocycles. The van der Waals surface area contributed by atoms with Crippen molar-refractivity contribution in [3.8, 4) is 16.9 Å². The van der Waals surface area contributed by atoms with Crippen LogP contribution in [0.25, 0.3) is 11.1 Å². The van der Waals surface area contributed by atoms with Crippen LogP contribution in [0.15, 0.2) is 59.6 Å². The highest BCUT2D eigenvalue weighted by molar-refractivity contribution is 8.00. The molecule has 2 aliphatic rings. The van der Waals surface area contributed by atoms with Gasteiger partial charge in [-0.2, -0.15) is 11.8 Å². The molecule has 10 heteroatoms. The predicted molar refractivity (Wildman–Crippen MR) is 142 cm³/mol. The number of nitrogens with two attached hydrogens (primary N) is 1. The van der Waals surface area contributed by atoms with Gasteiger partial charge in [0.15, 0.2) is 5.56 Å². The van der Waals surface area contributed by atoms with E-state index in [2.05, 4.69) is 9.88 Å². The van der Waals surface area contributed by atoms with E-state index in [0.29, 0.717) is 17.1 Å². The number of methoxy groups -OCH3 is 1. The van der Waals surface area contributed by atoms with Gasteiger partial charge in [0.25, 0.3) is 5.91 Å². The number of pyridine rings is 1. The summed E-state index contributed by atoms with van der Waals surface area (Å²) in [5, 5.41) is 11.2. The third kappa shape index (κ3) is 4.40. The highest BCUT2D eigenvalue weighted by Gasteiger charge is 2.37. The number of carbonyl (C=O) groups excluding carboxylic acids is 1. The Labute approximate surface area is 213 Å². The first-order valence-corrected chi connectivity index (χ1v) is 12.6. The van der Waals surface area contributed by atoms with E-state index >= 15 is 0 Å². The number of carbonyl (C=O) groups is 1. The van der Waals surface area contributed by atoms with Gasteiger partial charge in [0.1, 0.15) is 17.3 Å². The van der Waals surface area contributed by atoms with Gasteiger partial charge in [0.05, 0.1) is 18.4 Å². The first-order valence-electron chi connectivity index (χ1n) is 10.6. The van der Waals surface area contributed by atoms with Crippen LogP contribution in [0.5, 0.6) is 5.75 Å². The minimum Gasteiger partial charge on any atom is -0.495 e. The van der Waals surface area contributed by atoms with E-state index in [0.717, 1.165) is 46.4 Å². The molecule has 3 N–H and O–H groups in total. The van der Waals surface area contributed by atoms with E-state index < -0.39 is 11.5 Å². The van der Waals surface area contributed by atoms with Crippen LogP contribution in [-0.4, -0.2) is 53.3 Å². The number of anilines is 3. The predicted octanol–water partition coefficient (Wildman–Crippen LogP) is 4.35. The number of ether oxygens (including phenoxy) is 1. The van der Waals surface area contributed by atoms with Crippen LogP contribution in [0.2, 0.25) is 0 Å². The summed E-state index contributed by atoms with van der Waals surface area (Å²) in [5.74, 6) is 2.82. The lowest BCUT2D eigenvalue weighted by molar-refractivity contribution is 0.100. The van der Waals surface area contributed by atoms with E-state index in [4.69, 9.17) is 10.5 Å². The molecule has 0 spiro atoms. The molecule has 7 nitrogen and oxygen atoms in total. The van der Waals surface area contributed by atoms with E-state index in [1.54, 1.807) is 12.0 Å². The highest BCUT2D eigenvalue weighted by atomic mass is 35.5. The molecule has 5 rings (SSSR count). The van der Waals surface area contributed by atoms with Crippen molar-refractivity contribution in [2.45, 2.75) is 10.5 Å². The van der Waals surface area contributed by atoms with Crippen molar-refractivity contribution in [1.29, 1.82) is 0 Å². The zero-order valence-corrected chi connectivity index (χ0v) is 21.0. The number of hydrogen-bond acceptors (Lipinski definition) is 8. The Bertz CT molecular complexity index is 1190. The molecular weight excluding hydrogens is 492 g/mol. The summed E-state index contributed by atoms with van der Waals surface area (Å²) in [6, 6.07) is 15.7. The molecule has 34 heavy (non-hydrogen) atoms. The van der Waals surface area contributed by atoms with Crippen molar-refractivity contribution >= 4 is 59.0 Å². The Hall–Kier alpha value is -2.59. The quantitative estimate of drug-likeness (QED) is 0.517. The van der Waals surface area contributed by atoms with Gasteiger partial charge in [-0.25, -0.2) is 4.98 Å². The second-order valence-corrected chi connectivity index (χ2v) is 9.99. The molecule has 3 heterocycles. The van der Waals surface area contributed by atoms with Gasteiger partial charge in [0.2, 0.25) is 0 Å². The molecule has 1 saturated heterocycles. The summed E-state index contributed by atoms with van der Waals surface area (Å²) in [5.41, 5.74) is 8.28. The van der Waals surface area contributed by atoms with Crippen LogP contribution in [0.1, 0.15) is 10.4 Å². The molecular formula is C24H25ClN4O3S2. The SMILES string of the molecule is COc1ccc(-c2ccccc2)c2c1N(c1cc(N3CCSCC3)ncc1C(N)=O)C(O)S2.Cl. The van der Waals surface area contributed by atoms with Crippen molar-refractivity contribution in [3.63, 3.8) is 0 Å². The van der Waals surface area contributed by atoms with Crippen LogP contribution in [0, 0.1) is 0 Å². The van der Waals surface area contributed by atoms with Crippen LogP contribution in [0.4, 0.5) is 17.2 Å². The monoisotopic (exact) mass is 516 g/mol. The molecule has 0 aliphatic carbocycles. The molecule has 0 radical (unpaired) electrons. The molecule has 0 saturated carbocycles. The number of primary amides is 1. The third-order valence-corrected chi connectivity index (χ3v) is 7.83. The third-order valence-electron chi connectivity index (χ3n) is 5.81. The highest BCUT2D eigenvalue weighted by Crippen LogP contribution is 2.55. The van der Waals surface area contributed by atoms with Gasteiger partial charge in [-0.15, -0.1) is 12.4 Å². The second kappa shape index (κ2) is 10.4. The molecule has 1 amide bonds. The maximum Gasteiger partial charge on any atom is 0.252 e. The van der Waals surface area contributed by atoms with E-state index in [1.807, 2.05) is 60.3 Å². The fourth-order valence-electron chi connectivity index (χ4n) is 4.21. The molecule has 2 aromatic carbocycles. The first kappa shape index (κ1) is 24.5. The normalized spacial score (nSPS) is 17.2. The Morgan fingerprint density at radius 1 is 1.18 bits per heavy atom. The van der Waals surface area contributed by atoms with E-state index in [-0.39, 0.29) is 18.0 Å². The molecule has 1 atom stereocenters. The standard InChI is InChI=1S/C24H24N4O3S2.ClH/c1-31-19-8-7-16(15-5-3-2-4-6-15)22-21(19)28(24(30)33-22)18-13-20(26-14-17(18)23(25)29)27-9-11-32-12-10-27;/h2-8,13-14,24,30H,9-12H2,1H3,(H2,25,29);1H. The number of fused-ring (bicyclic) bond motifs is 1. The van der Waals surface area contributed by atoms with Crippen LogP contribution in [-0.2, 0) is 0 Å². The van der Waals surface area contributed by atoms with Gasteiger partial charge in [0, 0.05) is 41.8 Å². The van der Waals surface area contributed by atoms with Crippen molar-refractivity contribution in [2.24, 2.45) is 5.73 Å². The molecule has 0 bridgehead atoms. The maximum atomic E-state index is 12.3. The fraction of sp³-hybridized carbons (Fsp3) is 0.250. The smallest absolute Gasteiger partial charge is 0.252 e. The van der Waals surface area contributed by atoms with Gasteiger partial charge in [-0.3, -0.25) is 4.79 Å². The van der Waals surface area contributed by atoms with Crippen LogP contribution < -0.4 is 20.3 Å². The van der Waals surface area contributed by atoms with E-state index in [1.165, 1.54) is 18.0 Å². The Morgan fingerprint density at radius 3 is 2.59 bits per heavy atom. The lowest BCUT2D eigenvalue weighted by atomic mass is 10.0. The lowest BCUT2D eigenvalue weighted by Gasteiger charge is -2.30. The van der Waals surface area contributed by atoms with Gasteiger partial charge >= 0.3 is 0 Å². The van der Waals surface area contributed by atoms with Gasteiger partial charge < -0.3 is 25.4 Å². The number of thioether (sulfide) groups is 2. The summed E-state index contributed by atoms with van der Waals surface area (Å²) < 4.78 is 5.68. The Balaban J connectivity index is 0.00000274. The number of amides is 1. The van der Waals surface area contributed by atoms with Crippen molar-refractivity contribution < 1.29 is 14.6 Å². The number of aromatic nitrogens is 1. The van der Waals surface area contributed by atoms with Gasteiger partial charge in [-0.05, 0) is 23.3 Å². The van der Waals surface area contributed by atoms with Crippen molar-refractivity contribution in [1.82, 2.24) is 4.98 Å². The summed E-state index contributed by atoms with van der Waals surface area (Å²) >= 11 is 3.23. The number of hydrogen-bond donors (Lipinski definition) is 2. The second-order valence-electron chi connectivity index (χ2n) is 7.70. The zero-order chi connectivity index (χ0) is 22.9. The summed E-state index contributed by atoms with van der Waals surface area (Å²) in [7, 11) is 1.60. The molecule has 3 aromatic rings. The molecule has 178 valence electrons. The average Bonchev–Trinajstić information content (AvgIpc) is 3.20. The number of benzene rings is 2. The largest absolute Gasteiger partial charge is 0.495 e. The van der Waals surface area contributed by atoms with Crippen molar-refractivity contribution in [3.05, 3.63) is 60.3 Å². The Kier molecular flexibility index (Phi) is 7.47. The van der Waals surface area contributed by atoms with Crippen LogP contribution in [0.3, 0.4) is 0 Å². The number of aliphatic hydroxyl groups is 1. The number of nitrogens with zero attached hydrogens (tertiary/aromatic N) is 3. The maximum absolute atomic E-state index is 12.3. The summed E-state index contributed by atoms with van der Waals surface area (Å²) in [6.45, 7) is 1.75. The number of aliphatic hydroxyl groups excluding tert-OH is 1. The number of rotatable bonds is 5. The van der Waals surface area contributed by atoms with Crippen LogP contribution >= 0.6 is 35.9 Å².